The molecule has 1 aliphatic carbocycles. The highest BCUT2D eigenvalue weighted by Crippen LogP contribution is 2.42. The fourth-order valence-corrected chi connectivity index (χ4v) is 2.00. The van der Waals surface area contributed by atoms with Crippen molar-refractivity contribution in [2.45, 2.75) is 18.4 Å². The number of rotatable bonds is 1. The molecule has 0 heterocycles. The van der Waals surface area contributed by atoms with Crippen LogP contribution in [0, 0.1) is 11.6 Å². The van der Waals surface area contributed by atoms with Crippen LogP contribution < -0.4 is 5.73 Å². The maximum atomic E-state index is 12.8. The van der Waals surface area contributed by atoms with E-state index in [0.29, 0.717) is 4.47 Å². The van der Waals surface area contributed by atoms with Gasteiger partial charge >= 0.3 is 0 Å². The van der Waals surface area contributed by atoms with Gasteiger partial charge in [-0.1, -0.05) is 15.9 Å². The third-order valence-corrected chi connectivity index (χ3v) is 2.97. The summed E-state index contributed by atoms with van der Waals surface area (Å²) >= 11 is 3.19. The van der Waals surface area contributed by atoms with Crippen LogP contribution in [0.4, 0.5) is 8.78 Å². The molecule has 0 spiro atoms. The summed E-state index contributed by atoms with van der Waals surface area (Å²) < 4.78 is 26.1. The van der Waals surface area contributed by atoms with Crippen LogP contribution in [0.2, 0.25) is 0 Å². The van der Waals surface area contributed by atoms with Gasteiger partial charge in [-0.2, -0.15) is 0 Å². The molecule has 1 aromatic rings. The Morgan fingerprint density at radius 2 is 1.85 bits per heavy atom. The Kier molecular flexibility index (Phi) is 2.12. The highest BCUT2D eigenvalue weighted by Gasteiger charge is 2.36. The normalized spacial score (nSPS) is 26.2. The number of hydrogen-bond acceptors (Lipinski definition) is 1. The molecule has 2 rings (SSSR count). The fraction of sp³-hybridized carbons (Fsp3) is 0.333. The van der Waals surface area contributed by atoms with E-state index in [4.69, 9.17) is 5.73 Å². The molecule has 0 amide bonds. The third kappa shape index (κ3) is 1.60. The maximum absolute atomic E-state index is 12.8. The van der Waals surface area contributed by atoms with Gasteiger partial charge in [0, 0.05) is 16.4 Å². The van der Waals surface area contributed by atoms with Gasteiger partial charge in [-0.05, 0) is 24.1 Å². The van der Waals surface area contributed by atoms with Crippen LogP contribution in [0.3, 0.4) is 0 Å². The van der Waals surface area contributed by atoms with Gasteiger partial charge in [0.2, 0.25) is 0 Å². The van der Waals surface area contributed by atoms with Gasteiger partial charge in [0.25, 0.3) is 0 Å². The first-order valence-corrected chi connectivity index (χ1v) is 4.79. The quantitative estimate of drug-likeness (QED) is 0.759. The summed E-state index contributed by atoms with van der Waals surface area (Å²) in [6.45, 7) is 0. The van der Waals surface area contributed by atoms with Crippen molar-refractivity contribution in [1.82, 2.24) is 0 Å². The van der Waals surface area contributed by atoms with Crippen molar-refractivity contribution in [3.8, 4) is 0 Å². The lowest BCUT2D eigenvalue weighted by Gasteiger charge is -2.03. The minimum absolute atomic E-state index is 0.0983. The SMILES string of the molecule is NC1CC1c1cc(F)c(F)cc1Br. The molecule has 0 radical (unpaired) electrons. The Hall–Kier alpha value is -0.480. The molecular formula is C9H8BrF2N. The molecule has 0 aliphatic heterocycles. The van der Waals surface area contributed by atoms with Crippen LogP contribution in [0.5, 0.6) is 0 Å². The van der Waals surface area contributed by atoms with Crippen LogP contribution in [0.15, 0.2) is 16.6 Å². The standard InChI is InChI=1S/C9H8BrF2N/c10-6-3-8(12)7(11)1-4(6)5-2-9(5)13/h1,3,5,9H,2,13H2. The minimum Gasteiger partial charge on any atom is -0.327 e. The Bertz CT molecular complexity index is 354. The number of hydrogen-bond donors (Lipinski definition) is 1. The molecule has 0 saturated heterocycles. The number of benzene rings is 1. The van der Waals surface area contributed by atoms with Gasteiger partial charge in [0.15, 0.2) is 11.6 Å². The zero-order chi connectivity index (χ0) is 9.59. The van der Waals surface area contributed by atoms with Gasteiger partial charge < -0.3 is 5.73 Å². The molecule has 0 bridgehead atoms. The lowest BCUT2D eigenvalue weighted by molar-refractivity contribution is 0.506. The number of nitrogens with two attached hydrogens (primary N) is 1. The lowest BCUT2D eigenvalue weighted by atomic mass is 10.1. The molecule has 2 atom stereocenters. The van der Waals surface area contributed by atoms with Crippen LogP contribution in [-0.2, 0) is 0 Å². The summed E-state index contributed by atoms with van der Waals surface area (Å²) in [6, 6.07) is 2.47. The van der Waals surface area contributed by atoms with Gasteiger partial charge in [0.1, 0.15) is 0 Å². The Labute approximate surface area is 83.1 Å². The second-order valence-corrected chi connectivity index (χ2v) is 4.15. The Morgan fingerprint density at radius 3 is 2.38 bits per heavy atom. The van der Waals surface area contributed by atoms with Crippen LogP contribution in [-0.4, -0.2) is 6.04 Å². The van der Waals surface area contributed by atoms with Crippen molar-refractivity contribution in [2.24, 2.45) is 5.73 Å². The molecule has 13 heavy (non-hydrogen) atoms. The molecule has 0 aromatic heterocycles. The summed E-state index contributed by atoms with van der Waals surface area (Å²) in [6.07, 6.45) is 0.851. The fourth-order valence-electron chi connectivity index (χ4n) is 1.39. The Balaban J connectivity index is 2.41. The number of halogens is 3. The molecule has 1 nitrogen and oxygen atoms in total. The first-order chi connectivity index (χ1) is 6.09. The highest BCUT2D eigenvalue weighted by atomic mass is 79.9. The molecule has 1 fully saturated rings. The van der Waals surface area contributed by atoms with Crippen molar-refractivity contribution < 1.29 is 8.78 Å². The van der Waals surface area contributed by atoms with Crippen LogP contribution >= 0.6 is 15.9 Å². The lowest BCUT2D eigenvalue weighted by Crippen LogP contribution is -2.02. The monoisotopic (exact) mass is 247 g/mol. The predicted molar refractivity (Wildman–Crippen MR) is 49.4 cm³/mol. The average Bonchev–Trinajstić information content (AvgIpc) is 2.75. The second-order valence-electron chi connectivity index (χ2n) is 3.29. The largest absolute Gasteiger partial charge is 0.327 e. The zero-order valence-electron chi connectivity index (χ0n) is 6.73. The molecule has 70 valence electrons. The van der Waals surface area contributed by atoms with E-state index < -0.39 is 11.6 Å². The van der Waals surface area contributed by atoms with Gasteiger partial charge in [-0.3, -0.25) is 0 Å². The first kappa shape index (κ1) is 9.09. The molecule has 1 aliphatic rings. The molecule has 2 unspecified atom stereocenters. The third-order valence-electron chi connectivity index (χ3n) is 2.28. The second kappa shape index (κ2) is 3.03. The van der Waals surface area contributed by atoms with Gasteiger partial charge in [0.05, 0.1) is 0 Å². The van der Waals surface area contributed by atoms with E-state index in [0.717, 1.165) is 18.1 Å². The molecule has 4 heteroatoms. The summed E-state index contributed by atoms with van der Waals surface area (Å²) in [7, 11) is 0. The van der Waals surface area contributed by atoms with E-state index in [9.17, 15) is 8.78 Å². The van der Waals surface area contributed by atoms with Crippen LogP contribution in [0.25, 0.3) is 0 Å². The van der Waals surface area contributed by atoms with E-state index >= 15 is 0 Å². The molecule has 1 aromatic carbocycles. The molecule has 2 N–H and O–H groups in total. The van der Waals surface area contributed by atoms with E-state index in [2.05, 4.69) is 15.9 Å². The van der Waals surface area contributed by atoms with Crippen molar-refractivity contribution in [3.63, 3.8) is 0 Å². The van der Waals surface area contributed by atoms with Gasteiger partial charge in [-0.15, -0.1) is 0 Å². The topological polar surface area (TPSA) is 26.0 Å². The van der Waals surface area contributed by atoms with Crippen molar-refractivity contribution in [2.75, 3.05) is 0 Å². The summed E-state index contributed by atoms with van der Waals surface area (Å²) in [5.74, 6) is -1.45. The van der Waals surface area contributed by atoms with E-state index in [-0.39, 0.29) is 12.0 Å². The zero-order valence-corrected chi connectivity index (χ0v) is 8.31. The smallest absolute Gasteiger partial charge is 0.159 e. The van der Waals surface area contributed by atoms with E-state index in [1.807, 2.05) is 0 Å². The Morgan fingerprint density at radius 1 is 1.31 bits per heavy atom. The van der Waals surface area contributed by atoms with E-state index in [1.54, 1.807) is 0 Å². The summed E-state index contributed by atoms with van der Waals surface area (Å²) in [5.41, 5.74) is 6.39. The average molecular weight is 248 g/mol. The predicted octanol–water partition coefficient (Wildman–Crippen LogP) is 2.54. The minimum atomic E-state index is -0.829. The summed E-state index contributed by atoms with van der Waals surface area (Å²) in [4.78, 5) is 0. The molecule has 1 saturated carbocycles. The highest BCUT2D eigenvalue weighted by molar-refractivity contribution is 9.10. The van der Waals surface area contributed by atoms with Crippen molar-refractivity contribution in [1.29, 1.82) is 0 Å². The summed E-state index contributed by atoms with van der Waals surface area (Å²) in [5, 5.41) is 0. The van der Waals surface area contributed by atoms with E-state index in [1.165, 1.54) is 6.07 Å². The van der Waals surface area contributed by atoms with Crippen molar-refractivity contribution >= 4 is 15.9 Å². The van der Waals surface area contributed by atoms with Gasteiger partial charge in [-0.25, -0.2) is 8.78 Å². The maximum Gasteiger partial charge on any atom is 0.159 e. The van der Waals surface area contributed by atoms with Crippen LogP contribution in [0.1, 0.15) is 17.9 Å². The first-order valence-electron chi connectivity index (χ1n) is 3.99. The molecular weight excluding hydrogens is 240 g/mol. The van der Waals surface area contributed by atoms with Crippen molar-refractivity contribution in [3.05, 3.63) is 33.8 Å².